The summed E-state index contributed by atoms with van der Waals surface area (Å²) in [5.41, 5.74) is 1.56. The van der Waals surface area contributed by atoms with E-state index in [9.17, 15) is 9.90 Å². The number of likely N-dealkylation sites (tertiary alicyclic amines) is 1. The molecule has 0 spiro atoms. The van der Waals surface area contributed by atoms with Gasteiger partial charge in [0.25, 0.3) is 5.91 Å². The van der Waals surface area contributed by atoms with Crippen LogP contribution in [-0.4, -0.2) is 41.1 Å². The van der Waals surface area contributed by atoms with Gasteiger partial charge in [0.15, 0.2) is 0 Å². The zero-order chi connectivity index (χ0) is 16.8. The fourth-order valence-corrected chi connectivity index (χ4v) is 4.00. The molecule has 132 valence electrons. The van der Waals surface area contributed by atoms with E-state index < -0.39 is 5.54 Å². The van der Waals surface area contributed by atoms with Crippen LogP contribution in [0.4, 0.5) is 0 Å². The SMILES string of the molecule is O=C(NC1(CO)CCCC1)c1ccc(CN2CCCCCC2)cc1. The lowest BCUT2D eigenvalue weighted by Gasteiger charge is -2.28. The Bertz CT molecular complexity index is 527. The highest BCUT2D eigenvalue weighted by atomic mass is 16.3. The van der Waals surface area contributed by atoms with Crippen molar-refractivity contribution < 1.29 is 9.90 Å². The molecule has 1 saturated carbocycles. The first-order valence-electron chi connectivity index (χ1n) is 9.45. The molecule has 2 aliphatic rings. The summed E-state index contributed by atoms with van der Waals surface area (Å²) >= 11 is 0. The topological polar surface area (TPSA) is 52.6 Å². The second-order valence-corrected chi connectivity index (χ2v) is 7.49. The van der Waals surface area contributed by atoms with Crippen molar-refractivity contribution in [3.63, 3.8) is 0 Å². The predicted octanol–water partition coefficient (Wildman–Crippen LogP) is 3.10. The Hall–Kier alpha value is -1.39. The van der Waals surface area contributed by atoms with E-state index in [0.717, 1.165) is 32.2 Å². The van der Waals surface area contributed by atoms with Crippen LogP contribution < -0.4 is 5.32 Å². The smallest absolute Gasteiger partial charge is 0.251 e. The molecule has 1 heterocycles. The highest BCUT2D eigenvalue weighted by Gasteiger charge is 2.34. The van der Waals surface area contributed by atoms with Gasteiger partial charge in [-0.15, -0.1) is 0 Å². The number of hydrogen-bond acceptors (Lipinski definition) is 3. The number of aliphatic hydroxyl groups excluding tert-OH is 1. The zero-order valence-corrected chi connectivity index (χ0v) is 14.6. The summed E-state index contributed by atoms with van der Waals surface area (Å²) in [5, 5.41) is 12.7. The molecule has 24 heavy (non-hydrogen) atoms. The van der Waals surface area contributed by atoms with E-state index in [4.69, 9.17) is 0 Å². The van der Waals surface area contributed by atoms with Crippen molar-refractivity contribution >= 4 is 5.91 Å². The molecule has 0 atom stereocenters. The number of nitrogens with one attached hydrogen (secondary N) is 1. The van der Waals surface area contributed by atoms with E-state index >= 15 is 0 Å². The highest BCUT2D eigenvalue weighted by Crippen LogP contribution is 2.29. The number of hydrogen-bond donors (Lipinski definition) is 2. The number of carbonyl (C=O) groups is 1. The van der Waals surface area contributed by atoms with Crippen LogP contribution in [0.25, 0.3) is 0 Å². The number of amides is 1. The van der Waals surface area contributed by atoms with Crippen molar-refractivity contribution in [3.8, 4) is 0 Å². The van der Waals surface area contributed by atoms with Gasteiger partial charge >= 0.3 is 0 Å². The second-order valence-electron chi connectivity index (χ2n) is 7.49. The van der Waals surface area contributed by atoms with Crippen molar-refractivity contribution in [1.82, 2.24) is 10.2 Å². The molecular weight excluding hydrogens is 300 g/mol. The van der Waals surface area contributed by atoms with E-state index in [2.05, 4.69) is 22.3 Å². The molecule has 1 aromatic carbocycles. The van der Waals surface area contributed by atoms with Crippen molar-refractivity contribution in [2.45, 2.75) is 63.5 Å². The molecule has 1 aromatic rings. The van der Waals surface area contributed by atoms with Gasteiger partial charge in [0, 0.05) is 12.1 Å². The van der Waals surface area contributed by atoms with Gasteiger partial charge < -0.3 is 10.4 Å². The van der Waals surface area contributed by atoms with E-state index in [1.807, 2.05) is 12.1 Å². The lowest BCUT2D eigenvalue weighted by Crippen LogP contribution is -2.49. The third kappa shape index (κ3) is 4.37. The fraction of sp³-hybridized carbons (Fsp3) is 0.650. The number of rotatable bonds is 5. The van der Waals surface area contributed by atoms with Crippen LogP contribution in [0.3, 0.4) is 0 Å². The van der Waals surface area contributed by atoms with E-state index in [-0.39, 0.29) is 12.5 Å². The Balaban J connectivity index is 1.58. The van der Waals surface area contributed by atoms with Crippen molar-refractivity contribution in [2.24, 2.45) is 0 Å². The fourth-order valence-electron chi connectivity index (χ4n) is 4.00. The molecule has 1 saturated heterocycles. The van der Waals surface area contributed by atoms with E-state index in [1.54, 1.807) is 0 Å². The molecule has 0 bridgehead atoms. The van der Waals surface area contributed by atoms with Crippen molar-refractivity contribution in [1.29, 1.82) is 0 Å². The number of nitrogens with zero attached hydrogens (tertiary/aromatic N) is 1. The van der Waals surface area contributed by atoms with Crippen LogP contribution in [0.15, 0.2) is 24.3 Å². The van der Waals surface area contributed by atoms with Gasteiger partial charge in [-0.1, -0.05) is 37.8 Å². The predicted molar refractivity (Wildman–Crippen MR) is 95.9 cm³/mol. The maximum atomic E-state index is 12.5. The first-order valence-corrected chi connectivity index (χ1v) is 9.45. The standard InChI is InChI=1S/C20H30N2O2/c23-16-20(11-3-4-12-20)21-19(24)18-9-7-17(8-10-18)15-22-13-5-1-2-6-14-22/h7-10,23H,1-6,11-16H2,(H,21,24). The molecule has 1 amide bonds. The van der Waals surface area contributed by atoms with Crippen LogP contribution in [0.5, 0.6) is 0 Å². The number of aliphatic hydroxyl groups is 1. The molecular formula is C20H30N2O2. The lowest BCUT2D eigenvalue weighted by atomic mass is 9.98. The molecule has 2 N–H and O–H groups in total. The minimum absolute atomic E-state index is 0.0335. The summed E-state index contributed by atoms with van der Waals surface area (Å²) in [7, 11) is 0. The van der Waals surface area contributed by atoms with Gasteiger partial charge in [-0.05, 0) is 56.5 Å². The van der Waals surface area contributed by atoms with Crippen molar-refractivity contribution in [3.05, 3.63) is 35.4 Å². The maximum Gasteiger partial charge on any atom is 0.251 e. The summed E-state index contributed by atoms with van der Waals surface area (Å²) in [4.78, 5) is 15.0. The van der Waals surface area contributed by atoms with E-state index in [1.165, 1.54) is 44.3 Å². The number of benzene rings is 1. The molecule has 0 unspecified atom stereocenters. The van der Waals surface area contributed by atoms with Crippen LogP contribution >= 0.6 is 0 Å². The molecule has 4 nitrogen and oxygen atoms in total. The summed E-state index contributed by atoms with van der Waals surface area (Å²) in [6.45, 7) is 3.37. The minimum atomic E-state index is -0.401. The Kier molecular flexibility index (Phi) is 5.90. The summed E-state index contributed by atoms with van der Waals surface area (Å²) < 4.78 is 0. The number of carbonyl (C=O) groups excluding carboxylic acids is 1. The van der Waals surface area contributed by atoms with Gasteiger partial charge in [-0.25, -0.2) is 0 Å². The molecule has 4 heteroatoms. The Morgan fingerprint density at radius 3 is 2.21 bits per heavy atom. The largest absolute Gasteiger partial charge is 0.394 e. The zero-order valence-electron chi connectivity index (χ0n) is 14.6. The highest BCUT2D eigenvalue weighted by molar-refractivity contribution is 5.94. The first kappa shape index (κ1) is 17.4. The molecule has 2 fully saturated rings. The molecule has 0 radical (unpaired) electrons. The quantitative estimate of drug-likeness (QED) is 0.872. The Morgan fingerprint density at radius 2 is 1.62 bits per heavy atom. The lowest BCUT2D eigenvalue weighted by molar-refractivity contribution is 0.0838. The normalized spacial score (nSPS) is 21.4. The first-order chi connectivity index (χ1) is 11.7. The third-order valence-electron chi connectivity index (χ3n) is 5.56. The summed E-state index contributed by atoms with van der Waals surface area (Å²) in [6.07, 6.45) is 9.20. The average Bonchev–Trinajstić information content (AvgIpc) is 2.92. The van der Waals surface area contributed by atoms with Crippen LogP contribution in [0.1, 0.15) is 67.3 Å². The third-order valence-corrected chi connectivity index (χ3v) is 5.56. The molecule has 1 aliphatic heterocycles. The van der Waals surface area contributed by atoms with E-state index in [0.29, 0.717) is 5.56 Å². The van der Waals surface area contributed by atoms with Crippen molar-refractivity contribution in [2.75, 3.05) is 19.7 Å². The monoisotopic (exact) mass is 330 g/mol. The van der Waals surface area contributed by atoms with Gasteiger partial charge in [-0.2, -0.15) is 0 Å². The van der Waals surface area contributed by atoms with Gasteiger partial charge in [0.2, 0.25) is 0 Å². The van der Waals surface area contributed by atoms with Crippen LogP contribution in [-0.2, 0) is 6.54 Å². The maximum absolute atomic E-state index is 12.5. The van der Waals surface area contributed by atoms with Crippen LogP contribution in [0, 0.1) is 0 Å². The Labute approximate surface area is 145 Å². The van der Waals surface area contributed by atoms with Gasteiger partial charge in [-0.3, -0.25) is 9.69 Å². The van der Waals surface area contributed by atoms with Gasteiger partial charge in [0.05, 0.1) is 12.1 Å². The molecule has 0 aromatic heterocycles. The van der Waals surface area contributed by atoms with Crippen LogP contribution in [0.2, 0.25) is 0 Å². The molecule has 1 aliphatic carbocycles. The van der Waals surface area contributed by atoms with Gasteiger partial charge in [0.1, 0.15) is 0 Å². The summed E-state index contributed by atoms with van der Waals surface area (Å²) in [6, 6.07) is 7.98. The molecule has 3 rings (SSSR count). The minimum Gasteiger partial charge on any atom is -0.394 e. The Morgan fingerprint density at radius 1 is 1.00 bits per heavy atom. The average molecular weight is 330 g/mol. The second kappa shape index (κ2) is 8.13. The summed E-state index contributed by atoms with van der Waals surface area (Å²) in [5.74, 6) is -0.0627.